The Morgan fingerprint density at radius 1 is 0.951 bits per heavy atom. The molecule has 0 saturated carbocycles. The predicted molar refractivity (Wildman–Crippen MR) is 167 cm³/mol. The van der Waals surface area contributed by atoms with Crippen molar-refractivity contribution in [3.63, 3.8) is 0 Å². The lowest BCUT2D eigenvalue weighted by molar-refractivity contribution is -0.142. The summed E-state index contributed by atoms with van der Waals surface area (Å²) in [4.78, 5) is 46.7. The van der Waals surface area contributed by atoms with Crippen molar-refractivity contribution in [2.24, 2.45) is 0 Å². The fraction of sp³-hybridized carbons (Fsp3) is 0.455. The molecule has 0 N–H and O–H groups in total. The third-order valence-corrected chi connectivity index (χ3v) is 8.25. The van der Waals surface area contributed by atoms with Crippen LogP contribution in [0, 0.1) is 0 Å². The maximum absolute atomic E-state index is 13.8. The number of benzene rings is 2. The Kier molecular flexibility index (Phi) is 13.1. The lowest BCUT2D eigenvalue weighted by Gasteiger charge is -2.24. The summed E-state index contributed by atoms with van der Waals surface area (Å²) in [5.74, 6) is 0.228. The van der Waals surface area contributed by atoms with Crippen LogP contribution in [0.2, 0.25) is 0 Å². The Morgan fingerprint density at radius 3 is 2.29 bits per heavy atom. The van der Waals surface area contributed by atoms with Gasteiger partial charge in [0, 0.05) is 35.2 Å². The molecule has 0 bridgehead atoms. The molecule has 1 aromatic heterocycles. The molecule has 0 aliphatic rings. The maximum Gasteiger partial charge on any atom is 0.319 e. The molecule has 1 atom stereocenters. The largest absolute Gasteiger partial charge is 0.465 e. The number of aromatic nitrogens is 2. The number of esters is 1. The van der Waals surface area contributed by atoms with Gasteiger partial charge in [-0.15, -0.1) is 11.8 Å². The number of anilines is 1. The van der Waals surface area contributed by atoms with Gasteiger partial charge in [0.2, 0.25) is 5.91 Å². The number of thioether (sulfide) groups is 1. The van der Waals surface area contributed by atoms with Crippen molar-refractivity contribution in [1.82, 2.24) is 9.55 Å². The van der Waals surface area contributed by atoms with Gasteiger partial charge in [0.15, 0.2) is 0 Å². The average Bonchev–Trinajstić information content (AvgIpc) is 2.99. The molecule has 0 fully saturated rings. The van der Waals surface area contributed by atoms with Crippen LogP contribution in [0.4, 0.5) is 5.69 Å². The molecule has 0 aliphatic carbocycles. The van der Waals surface area contributed by atoms with E-state index in [1.165, 1.54) is 28.8 Å². The fourth-order valence-electron chi connectivity index (χ4n) is 4.64. The van der Waals surface area contributed by atoms with E-state index in [0.717, 1.165) is 41.8 Å². The number of rotatable bonds is 16. The zero-order valence-electron chi connectivity index (χ0n) is 24.8. The Bertz CT molecular complexity index is 1310. The van der Waals surface area contributed by atoms with Crippen molar-refractivity contribution >= 4 is 29.3 Å². The number of ether oxygens (including phenoxy) is 1. The summed E-state index contributed by atoms with van der Waals surface area (Å²) in [5, 5.41) is -0.275. The van der Waals surface area contributed by atoms with Gasteiger partial charge in [-0.1, -0.05) is 76.8 Å². The minimum atomic E-state index is -0.275. The molecule has 0 radical (unpaired) electrons. The number of hydrogen-bond acceptors (Lipinski definition) is 6. The zero-order chi connectivity index (χ0) is 29.6. The van der Waals surface area contributed by atoms with Gasteiger partial charge in [0.25, 0.3) is 5.56 Å². The first kappa shape index (κ1) is 32.1. The van der Waals surface area contributed by atoms with E-state index in [-0.39, 0.29) is 29.2 Å². The molecule has 0 saturated heterocycles. The number of hydrogen-bond donors (Lipinski definition) is 0. The van der Waals surface area contributed by atoms with Gasteiger partial charge in [0.05, 0.1) is 12.3 Å². The van der Waals surface area contributed by atoms with Gasteiger partial charge in [-0.05, 0) is 44.0 Å². The van der Waals surface area contributed by atoms with Gasteiger partial charge in [-0.3, -0.25) is 19.0 Å². The van der Waals surface area contributed by atoms with E-state index in [4.69, 9.17) is 9.72 Å². The van der Waals surface area contributed by atoms with Crippen molar-refractivity contribution in [3.8, 4) is 11.3 Å². The first-order valence-corrected chi connectivity index (χ1v) is 15.7. The molecule has 1 heterocycles. The van der Waals surface area contributed by atoms with Gasteiger partial charge >= 0.3 is 5.97 Å². The first-order valence-electron chi connectivity index (χ1n) is 14.8. The monoisotopic (exact) mass is 577 g/mol. The standard InChI is InChI=1S/C33H43N3O4S/c1-5-9-10-11-15-22-35(26-18-20-27(21-19-26)41-29(6-2)33(39)40-8-4)32(38)24-36-30(7-3)34-28(23-31(36)37)25-16-13-12-14-17-25/h12-14,16-21,23,29H,5-11,15,22,24H2,1-4H3/t29-/m1/s1. The lowest BCUT2D eigenvalue weighted by atomic mass is 10.1. The summed E-state index contributed by atoms with van der Waals surface area (Å²) in [6, 6.07) is 18.8. The number of aryl methyl sites for hydroxylation is 1. The minimum Gasteiger partial charge on any atom is -0.465 e. The second kappa shape index (κ2) is 16.8. The molecule has 3 aromatic rings. The lowest BCUT2D eigenvalue weighted by Crippen LogP contribution is -2.38. The SMILES string of the molecule is CCCCCCCN(C(=O)Cn1c(CC)nc(-c2ccccc2)cc1=O)c1ccc(S[C@H](CC)C(=O)OCC)cc1. The Labute approximate surface area is 248 Å². The third-order valence-electron chi connectivity index (χ3n) is 6.90. The summed E-state index contributed by atoms with van der Waals surface area (Å²) >= 11 is 1.47. The summed E-state index contributed by atoms with van der Waals surface area (Å²) in [5.41, 5.74) is 2.03. The van der Waals surface area contributed by atoms with E-state index < -0.39 is 0 Å². The second-order valence-corrected chi connectivity index (χ2v) is 11.2. The molecule has 0 unspecified atom stereocenters. The van der Waals surface area contributed by atoms with Crippen molar-refractivity contribution < 1.29 is 14.3 Å². The highest BCUT2D eigenvalue weighted by Crippen LogP contribution is 2.29. The molecule has 8 heteroatoms. The van der Waals surface area contributed by atoms with Crippen molar-refractivity contribution in [2.75, 3.05) is 18.1 Å². The van der Waals surface area contributed by atoms with Crippen LogP contribution in [0.3, 0.4) is 0 Å². The Morgan fingerprint density at radius 2 is 1.66 bits per heavy atom. The van der Waals surface area contributed by atoms with E-state index in [9.17, 15) is 14.4 Å². The van der Waals surface area contributed by atoms with E-state index >= 15 is 0 Å². The van der Waals surface area contributed by atoms with Crippen molar-refractivity contribution in [1.29, 1.82) is 0 Å². The molecule has 2 aromatic carbocycles. The van der Waals surface area contributed by atoms with Crippen LogP contribution in [0.25, 0.3) is 11.3 Å². The van der Waals surface area contributed by atoms with Gasteiger partial charge in [0.1, 0.15) is 17.6 Å². The molecule has 3 rings (SSSR count). The molecular weight excluding hydrogens is 534 g/mol. The second-order valence-electron chi connectivity index (χ2n) is 9.92. The number of unbranched alkanes of at least 4 members (excludes halogenated alkanes) is 4. The molecule has 0 aliphatic heterocycles. The summed E-state index contributed by atoms with van der Waals surface area (Å²) in [6.45, 7) is 8.76. The van der Waals surface area contributed by atoms with Crippen molar-refractivity contribution in [2.45, 2.75) is 89.3 Å². The molecule has 41 heavy (non-hydrogen) atoms. The molecule has 220 valence electrons. The third kappa shape index (κ3) is 9.32. The van der Waals surface area contributed by atoms with Crippen LogP contribution in [0.5, 0.6) is 0 Å². The minimum absolute atomic E-state index is 0.0731. The number of amides is 1. The smallest absolute Gasteiger partial charge is 0.319 e. The number of carbonyl (C=O) groups excluding carboxylic acids is 2. The van der Waals surface area contributed by atoms with E-state index in [0.29, 0.717) is 37.5 Å². The van der Waals surface area contributed by atoms with E-state index in [2.05, 4.69) is 6.92 Å². The summed E-state index contributed by atoms with van der Waals surface area (Å²) in [6.07, 6.45) is 6.57. The normalized spacial score (nSPS) is 11.7. The van der Waals surface area contributed by atoms with Gasteiger partial charge in [-0.2, -0.15) is 0 Å². The van der Waals surface area contributed by atoms with Gasteiger partial charge in [-0.25, -0.2) is 4.98 Å². The number of nitrogens with zero attached hydrogens (tertiary/aromatic N) is 3. The molecule has 1 amide bonds. The van der Waals surface area contributed by atoms with Crippen molar-refractivity contribution in [3.05, 3.63) is 76.8 Å². The van der Waals surface area contributed by atoms with E-state index in [1.54, 1.807) is 4.90 Å². The number of carbonyl (C=O) groups is 2. The maximum atomic E-state index is 13.8. The summed E-state index contributed by atoms with van der Waals surface area (Å²) in [7, 11) is 0. The Balaban J connectivity index is 1.83. The van der Waals surface area contributed by atoms with Gasteiger partial charge < -0.3 is 9.64 Å². The van der Waals surface area contributed by atoms with E-state index in [1.807, 2.05) is 75.4 Å². The molecule has 7 nitrogen and oxygen atoms in total. The fourth-order valence-corrected chi connectivity index (χ4v) is 5.60. The summed E-state index contributed by atoms with van der Waals surface area (Å²) < 4.78 is 6.70. The highest BCUT2D eigenvalue weighted by molar-refractivity contribution is 8.00. The quantitative estimate of drug-likeness (QED) is 0.105. The zero-order valence-corrected chi connectivity index (χ0v) is 25.6. The van der Waals surface area contributed by atoms with Crippen LogP contribution in [0.1, 0.15) is 72.0 Å². The Hall–Kier alpha value is -3.39. The highest BCUT2D eigenvalue weighted by Gasteiger charge is 2.21. The van der Waals surface area contributed by atoms with Crippen LogP contribution in [-0.4, -0.2) is 39.8 Å². The molecular formula is C33H43N3O4S. The molecule has 0 spiro atoms. The van der Waals surface area contributed by atoms with Crippen LogP contribution >= 0.6 is 11.8 Å². The predicted octanol–water partition coefficient (Wildman–Crippen LogP) is 6.91. The highest BCUT2D eigenvalue weighted by atomic mass is 32.2. The topological polar surface area (TPSA) is 81.5 Å². The average molecular weight is 578 g/mol. The first-order chi connectivity index (χ1) is 19.9. The van der Waals surface area contributed by atoms with Crippen LogP contribution in [-0.2, 0) is 27.3 Å². The van der Waals surface area contributed by atoms with Crippen LogP contribution < -0.4 is 10.5 Å². The van der Waals surface area contributed by atoms with Crippen LogP contribution in [0.15, 0.2) is 70.4 Å².